The molecule has 0 amide bonds. The quantitative estimate of drug-likeness (QED) is 0.493. The number of phenolic OH excluding ortho intramolecular Hbond substituents is 1. The van der Waals surface area contributed by atoms with Crippen molar-refractivity contribution in [2.45, 2.75) is 13.3 Å². The van der Waals surface area contributed by atoms with Gasteiger partial charge in [0.15, 0.2) is 5.82 Å². The summed E-state index contributed by atoms with van der Waals surface area (Å²) in [7, 11) is 0. The minimum absolute atomic E-state index is 0.128. The maximum absolute atomic E-state index is 14.2. The number of anilines is 1. The van der Waals surface area contributed by atoms with E-state index in [9.17, 15) is 13.9 Å². The number of aromatic nitrogens is 2. The van der Waals surface area contributed by atoms with Gasteiger partial charge >= 0.3 is 0 Å². The molecule has 4 N–H and O–H groups in total. The van der Waals surface area contributed by atoms with Crippen molar-refractivity contribution in [1.29, 1.82) is 0 Å². The molecule has 0 saturated heterocycles. The number of nitrogens with two attached hydrogens (primary N) is 1. The Hall–Kier alpha value is -3.41. The number of aryl methyl sites for hydroxylation is 1. The van der Waals surface area contributed by atoms with Crippen molar-refractivity contribution in [2.75, 3.05) is 5.73 Å². The average Bonchev–Trinajstić information content (AvgIpc) is 3.00. The van der Waals surface area contributed by atoms with E-state index in [0.29, 0.717) is 11.2 Å². The van der Waals surface area contributed by atoms with Crippen molar-refractivity contribution < 1.29 is 13.9 Å². The molecular formula is C21H17F2N3O. The molecule has 0 fully saturated rings. The highest BCUT2D eigenvalue weighted by atomic mass is 19.1. The number of aromatic amines is 1. The molecule has 0 radical (unpaired) electrons. The molecule has 4 rings (SSSR count). The Morgan fingerprint density at radius 1 is 1.00 bits per heavy atom. The predicted molar refractivity (Wildman–Crippen MR) is 102 cm³/mol. The number of nitrogens with one attached hydrogen (secondary N) is 1. The van der Waals surface area contributed by atoms with Crippen molar-refractivity contribution >= 4 is 16.7 Å². The fourth-order valence-electron chi connectivity index (χ4n) is 3.31. The summed E-state index contributed by atoms with van der Waals surface area (Å²) in [5.74, 6) is -0.506. The monoisotopic (exact) mass is 365 g/mol. The summed E-state index contributed by atoms with van der Waals surface area (Å²) >= 11 is 0. The number of hydrogen-bond donors (Lipinski definition) is 3. The first-order chi connectivity index (χ1) is 12.9. The second-order valence-corrected chi connectivity index (χ2v) is 6.58. The summed E-state index contributed by atoms with van der Waals surface area (Å²) in [6.45, 7) is 1.92. The van der Waals surface area contributed by atoms with Crippen LogP contribution in [-0.4, -0.2) is 15.3 Å². The van der Waals surface area contributed by atoms with Crippen molar-refractivity contribution in [1.82, 2.24) is 10.2 Å². The maximum Gasteiger partial charge on any atom is 0.153 e. The number of aromatic hydroxyl groups is 1. The Labute approximate surface area is 154 Å². The van der Waals surface area contributed by atoms with Crippen LogP contribution in [0.1, 0.15) is 16.7 Å². The summed E-state index contributed by atoms with van der Waals surface area (Å²) < 4.78 is 27.8. The molecule has 27 heavy (non-hydrogen) atoms. The largest absolute Gasteiger partial charge is 0.508 e. The third-order valence-electron chi connectivity index (χ3n) is 4.72. The Balaban J connectivity index is 1.95. The molecule has 0 saturated carbocycles. The fourth-order valence-corrected chi connectivity index (χ4v) is 3.31. The molecule has 0 aliphatic heterocycles. The van der Waals surface area contributed by atoms with E-state index < -0.39 is 11.6 Å². The number of hydrogen-bond acceptors (Lipinski definition) is 3. The zero-order valence-corrected chi connectivity index (χ0v) is 14.6. The first-order valence-corrected chi connectivity index (χ1v) is 8.43. The Bertz CT molecular complexity index is 1170. The number of nitrogens with zero attached hydrogens (tertiary/aromatic N) is 1. The van der Waals surface area contributed by atoms with Gasteiger partial charge in [-0.05, 0) is 77.2 Å². The van der Waals surface area contributed by atoms with E-state index in [2.05, 4.69) is 10.2 Å². The van der Waals surface area contributed by atoms with Gasteiger partial charge in [-0.3, -0.25) is 5.10 Å². The first-order valence-electron chi connectivity index (χ1n) is 8.43. The smallest absolute Gasteiger partial charge is 0.153 e. The molecule has 0 spiro atoms. The third-order valence-corrected chi connectivity index (χ3v) is 4.72. The number of halogens is 2. The molecular weight excluding hydrogens is 348 g/mol. The highest BCUT2D eigenvalue weighted by Gasteiger charge is 2.15. The molecule has 0 bridgehead atoms. The van der Waals surface area contributed by atoms with Crippen LogP contribution in [0.2, 0.25) is 0 Å². The topological polar surface area (TPSA) is 74.9 Å². The van der Waals surface area contributed by atoms with Crippen LogP contribution in [0.3, 0.4) is 0 Å². The molecule has 1 aromatic heterocycles. The van der Waals surface area contributed by atoms with Crippen molar-refractivity contribution in [3.05, 3.63) is 76.9 Å². The molecule has 136 valence electrons. The van der Waals surface area contributed by atoms with E-state index in [-0.39, 0.29) is 17.7 Å². The lowest BCUT2D eigenvalue weighted by molar-refractivity contribution is 0.475. The minimum Gasteiger partial charge on any atom is -0.508 e. The summed E-state index contributed by atoms with van der Waals surface area (Å²) in [5.41, 5.74) is 10.2. The summed E-state index contributed by atoms with van der Waals surface area (Å²) in [5, 5.41) is 17.5. The van der Waals surface area contributed by atoms with Gasteiger partial charge in [0.25, 0.3) is 0 Å². The predicted octanol–water partition coefficient (Wildman–Crippen LogP) is 4.70. The van der Waals surface area contributed by atoms with Gasteiger partial charge in [0.1, 0.15) is 17.4 Å². The van der Waals surface area contributed by atoms with Gasteiger partial charge in [-0.25, -0.2) is 8.78 Å². The molecule has 4 aromatic rings. The Kier molecular flexibility index (Phi) is 4.03. The molecule has 0 atom stereocenters. The van der Waals surface area contributed by atoms with Crippen LogP contribution in [0.15, 0.2) is 48.5 Å². The van der Waals surface area contributed by atoms with Crippen LogP contribution in [0.25, 0.3) is 22.0 Å². The van der Waals surface area contributed by atoms with Crippen LogP contribution in [-0.2, 0) is 6.42 Å². The van der Waals surface area contributed by atoms with Crippen LogP contribution >= 0.6 is 0 Å². The summed E-state index contributed by atoms with van der Waals surface area (Å²) in [6, 6.07) is 12.2. The SMILES string of the molecule is Cc1ccc(O)cc1-c1cc2[nH]nc(N)c2cc1Cc1cc(F)ccc1F. The van der Waals surface area contributed by atoms with Crippen LogP contribution in [0.4, 0.5) is 14.6 Å². The summed E-state index contributed by atoms with van der Waals surface area (Å²) in [6.07, 6.45) is 0.175. The minimum atomic E-state index is -0.495. The first kappa shape index (κ1) is 17.0. The number of rotatable bonds is 3. The maximum atomic E-state index is 14.2. The standard InChI is InChI=1S/C21H17F2N3O/c1-11-2-4-15(27)9-16(11)17-10-20-18(21(24)26-25-20)8-12(17)6-13-7-14(22)3-5-19(13)23/h2-5,7-10,27H,6H2,1H3,(H3,24,25,26). The van der Waals surface area contributed by atoms with E-state index in [1.54, 1.807) is 12.1 Å². The zero-order chi connectivity index (χ0) is 19.1. The van der Waals surface area contributed by atoms with E-state index in [1.807, 2.05) is 25.1 Å². The van der Waals surface area contributed by atoms with Crippen molar-refractivity contribution in [3.63, 3.8) is 0 Å². The van der Waals surface area contributed by atoms with Gasteiger partial charge in [0, 0.05) is 11.8 Å². The molecule has 0 aliphatic carbocycles. The van der Waals surface area contributed by atoms with Crippen LogP contribution in [0, 0.1) is 18.6 Å². The Morgan fingerprint density at radius 2 is 1.81 bits per heavy atom. The third kappa shape index (κ3) is 3.10. The van der Waals surface area contributed by atoms with E-state index >= 15 is 0 Å². The lowest BCUT2D eigenvalue weighted by atomic mass is 9.91. The zero-order valence-electron chi connectivity index (χ0n) is 14.6. The van der Waals surface area contributed by atoms with Gasteiger partial charge in [-0.1, -0.05) is 6.07 Å². The van der Waals surface area contributed by atoms with Crippen LogP contribution in [0.5, 0.6) is 5.75 Å². The van der Waals surface area contributed by atoms with Gasteiger partial charge in [0.05, 0.1) is 5.52 Å². The second kappa shape index (κ2) is 6.39. The van der Waals surface area contributed by atoms with E-state index in [4.69, 9.17) is 5.73 Å². The number of H-pyrrole nitrogens is 1. The molecule has 6 heteroatoms. The van der Waals surface area contributed by atoms with E-state index in [1.165, 1.54) is 6.07 Å². The number of fused-ring (bicyclic) bond motifs is 1. The van der Waals surface area contributed by atoms with Gasteiger partial charge in [-0.2, -0.15) is 5.10 Å². The molecule has 0 aliphatic rings. The Morgan fingerprint density at radius 3 is 2.63 bits per heavy atom. The van der Waals surface area contributed by atoms with Crippen LogP contribution < -0.4 is 5.73 Å². The van der Waals surface area contributed by atoms with Crippen molar-refractivity contribution in [2.24, 2.45) is 0 Å². The number of benzene rings is 3. The molecule has 3 aromatic carbocycles. The number of nitrogen functional groups attached to an aromatic ring is 1. The lowest BCUT2D eigenvalue weighted by Crippen LogP contribution is -1.98. The van der Waals surface area contributed by atoms with E-state index in [0.717, 1.165) is 39.9 Å². The molecule has 0 unspecified atom stereocenters. The van der Waals surface area contributed by atoms with Gasteiger partial charge < -0.3 is 10.8 Å². The highest BCUT2D eigenvalue weighted by Crippen LogP contribution is 2.35. The molecule has 4 nitrogen and oxygen atoms in total. The van der Waals surface area contributed by atoms with Gasteiger partial charge in [-0.15, -0.1) is 0 Å². The fraction of sp³-hybridized carbons (Fsp3) is 0.0952. The number of phenols is 1. The van der Waals surface area contributed by atoms with Crippen molar-refractivity contribution in [3.8, 4) is 16.9 Å². The lowest BCUT2D eigenvalue weighted by Gasteiger charge is -2.14. The van der Waals surface area contributed by atoms with Gasteiger partial charge in [0.2, 0.25) is 0 Å². The molecule has 1 heterocycles. The summed E-state index contributed by atoms with van der Waals surface area (Å²) in [4.78, 5) is 0. The normalized spacial score (nSPS) is 11.2. The highest BCUT2D eigenvalue weighted by molar-refractivity contribution is 5.93. The average molecular weight is 365 g/mol. The second-order valence-electron chi connectivity index (χ2n) is 6.58.